The molecule has 0 aliphatic heterocycles. The number of hydrogen-bond donors (Lipinski definition) is 2. The quantitative estimate of drug-likeness (QED) is 0.851. The van der Waals surface area contributed by atoms with E-state index >= 15 is 0 Å². The highest BCUT2D eigenvalue weighted by Gasteiger charge is 2.21. The molecule has 2 atom stereocenters. The smallest absolute Gasteiger partial charge is 0.224 e. The molecule has 0 saturated heterocycles. The van der Waals surface area contributed by atoms with Crippen molar-refractivity contribution in [2.24, 2.45) is 0 Å². The number of benzene rings is 1. The molecular formula is C15H22N2O. The zero-order valence-corrected chi connectivity index (χ0v) is 11.0. The van der Waals surface area contributed by atoms with Gasteiger partial charge < -0.3 is 10.6 Å². The Kier molecular flexibility index (Phi) is 4.76. The fourth-order valence-electron chi connectivity index (χ4n) is 2.64. The minimum absolute atomic E-state index is 0.142. The van der Waals surface area contributed by atoms with Gasteiger partial charge in [-0.2, -0.15) is 0 Å². The van der Waals surface area contributed by atoms with Crippen molar-refractivity contribution in [3.05, 3.63) is 35.9 Å². The van der Waals surface area contributed by atoms with Crippen molar-refractivity contribution in [3.8, 4) is 0 Å². The van der Waals surface area contributed by atoms with E-state index in [-0.39, 0.29) is 5.91 Å². The van der Waals surface area contributed by atoms with Crippen LogP contribution in [0.5, 0.6) is 0 Å². The number of hydrogen-bond acceptors (Lipinski definition) is 2. The van der Waals surface area contributed by atoms with Gasteiger partial charge in [0, 0.05) is 12.1 Å². The number of nitrogens with one attached hydrogen (secondary N) is 2. The Morgan fingerprint density at radius 2 is 1.94 bits per heavy atom. The fourth-order valence-corrected chi connectivity index (χ4v) is 2.64. The third kappa shape index (κ3) is 3.84. The summed E-state index contributed by atoms with van der Waals surface area (Å²) in [6, 6.07) is 10.8. The second-order valence-corrected chi connectivity index (χ2v) is 5.08. The molecule has 2 rings (SSSR count). The number of carbonyl (C=O) groups excluding carboxylic acids is 1. The van der Waals surface area contributed by atoms with E-state index in [9.17, 15) is 4.79 Å². The van der Waals surface area contributed by atoms with Crippen molar-refractivity contribution >= 4 is 5.91 Å². The lowest BCUT2D eigenvalue weighted by Crippen LogP contribution is -2.43. The van der Waals surface area contributed by atoms with Gasteiger partial charge in [0.05, 0.1) is 6.42 Å². The van der Waals surface area contributed by atoms with Crippen LogP contribution in [-0.2, 0) is 11.2 Å². The summed E-state index contributed by atoms with van der Waals surface area (Å²) in [5.74, 6) is 0.142. The predicted molar refractivity (Wildman–Crippen MR) is 73.4 cm³/mol. The van der Waals surface area contributed by atoms with Gasteiger partial charge in [-0.25, -0.2) is 0 Å². The molecule has 2 N–H and O–H groups in total. The highest BCUT2D eigenvalue weighted by Crippen LogP contribution is 2.18. The molecule has 0 heterocycles. The molecule has 1 aromatic rings. The van der Waals surface area contributed by atoms with E-state index in [1.807, 2.05) is 37.4 Å². The van der Waals surface area contributed by atoms with Crippen LogP contribution in [-0.4, -0.2) is 25.0 Å². The summed E-state index contributed by atoms with van der Waals surface area (Å²) < 4.78 is 0. The minimum atomic E-state index is 0.142. The van der Waals surface area contributed by atoms with Crippen LogP contribution in [0.1, 0.15) is 31.2 Å². The van der Waals surface area contributed by atoms with Gasteiger partial charge in [-0.3, -0.25) is 4.79 Å². The summed E-state index contributed by atoms with van der Waals surface area (Å²) in [7, 11) is 2.00. The first-order chi connectivity index (χ1) is 8.78. The van der Waals surface area contributed by atoms with Crippen LogP contribution >= 0.6 is 0 Å². The monoisotopic (exact) mass is 246 g/mol. The summed E-state index contributed by atoms with van der Waals surface area (Å²) in [6.07, 6.45) is 5.07. The maximum absolute atomic E-state index is 11.9. The molecule has 1 amide bonds. The zero-order valence-electron chi connectivity index (χ0n) is 11.0. The predicted octanol–water partition coefficient (Wildman–Crippen LogP) is 1.88. The topological polar surface area (TPSA) is 41.1 Å². The number of rotatable bonds is 4. The van der Waals surface area contributed by atoms with Gasteiger partial charge in [0.1, 0.15) is 0 Å². The lowest BCUT2D eigenvalue weighted by molar-refractivity contribution is -0.121. The van der Waals surface area contributed by atoms with E-state index in [0.29, 0.717) is 18.5 Å². The van der Waals surface area contributed by atoms with Crippen molar-refractivity contribution in [3.63, 3.8) is 0 Å². The Labute approximate surface area is 109 Å². The molecule has 18 heavy (non-hydrogen) atoms. The van der Waals surface area contributed by atoms with Gasteiger partial charge in [-0.1, -0.05) is 30.3 Å². The third-order valence-corrected chi connectivity index (χ3v) is 3.66. The van der Waals surface area contributed by atoms with Crippen molar-refractivity contribution in [2.75, 3.05) is 7.05 Å². The average Bonchev–Trinajstić information content (AvgIpc) is 2.40. The SMILES string of the molecule is CNC1CCCC(NC(=O)Cc2ccccc2)C1. The normalized spacial score (nSPS) is 23.6. The number of amides is 1. The van der Waals surface area contributed by atoms with E-state index in [0.717, 1.165) is 18.4 Å². The maximum Gasteiger partial charge on any atom is 0.224 e. The molecule has 1 aromatic carbocycles. The first-order valence-corrected chi connectivity index (χ1v) is 6.78. The Bertz CT molecular complexity index is 377. The Hall–Kier alpha value is -1.35. The molecule has 98 valence electrons. The molecule has 0 bridgehead atoms. The molecule has 1 aliphatic rings. The van der Waals surface area contributed by atoms with Crippen LogP contribution < -0.4 is 10.6 Å². The lowest BCUT2D eigenvalue weighted by Gasteiger charge is -2.29. The standard InChI is InChI=1S/C15H22N2O/c1-16-13-8-5-9-14(11-13)17-15(18)10-12-6-3-2-4-7-12/h2-4,6-7,13-14,16H,5,8-11H2,1H3,(H,17,18). The second kappa shape index (κ2) is 6.55. The highest BCUT2D eigenvalue weighted by molar-refractivity contribution is 5.78. The van der Waals surface area contributed by atoms with Gasteiger partial charge in [-0.15, -0.1) is 0 Å². The van der Waals surface area contributed by atoms with Gasteiger partial charge in [0.2, 0.25) is 5.91 Å². The largest absolute Gasteiger partial charge is 0.353 e. The first kappa shape index (κ1) is 13.1. The summed E-state index contributed by atoms with van der Waals surface area (Å²) in [6.45, 7) is 0. The van der Waals surface area contributed by atoms with Crippen LogP contribution in [0, 0.1) is 0 Å². The molecule has 1 aliphatic carbocycles. The van der Waals surface area contributed by atoms with Crippen molar-refractivity contribution in [2.45, 2.75) is 44.2 Å². The molecular weight excluding hydrogens is 224 g/mol. The van der Waals surface area contributed by atoms with E-state index < -0.39 is 0 Å². The van der Waals surface area contributed by atoms with E-state index in [2.05, 4.69) is 10.6 Å². The van der Waals surface area contributed by atoms with Crippen molar-refractivity contribution < 1.29 is 4.79 Å². The Morgan fingerprint density at radius 3 is 2.67 bits per heavy atom. The summed E-state index contributed by atoms with van der Waals surface area (Å²) >= 11 is 0. The average molecular weight is 246 g/mol. The van der Waals surface area contributed by atoms with Crippen LogP contribution in [0.2, 0.25) is 0 Å². The molecule has 1 fully saturated rings. The van der Waals surface area contributed by atoms with Crippen LogP contribution in [0.25, 0.3) is 0 Å². The molecule has 2 unspecified atom stereocenters. The van der Waals surface area contributed by atoms with Gasteiger partial charge in [0.25, 0.3) is 0 Å². The number of carbonyl (C=O) groups is 1. The molecule has 3 nitrogen and oxygen atoms in total. The summed E-state index contributed by atoms with van der Waals surface area (Å²) in [4.78, 5) is 11.9. The van der Waals surface area contributed by atoms with Crippen LogP contribution in [0.4, 0.5) is 0 Å². The zero-order chi connectivity index (χ0) is 12.8. The summed E-state index contributed by atoms with van der Waals surface area (Å²) in [5.41, 5.74) is 1.08. The van der Waals surface area contributed by atoms with Crippen LogP contribution in [0.15, 0.2) is 30.3 Å². The minimum Gasteiger partial charge on any atom is -0.353 e. The van der Waals surface area contributed by atoms with Crippen molar-refractivity contribution in [1.82, 2.24) is 10.6 Å². The van der Waals surface area contributed by atoms with E-state index in [4.69, 9.17) is 0 Å². The van der Waals surface area contributed by atoms with Gasteiger partial charge in [0.15, 0.2) is 0 Å². The van der Waals surface area contributed by atoms with E-state index in [1.165, 1.54) is 12.8 Å². The molecule has 0 aromatic heterocycles. The van der Waals surface area contributed by atoms with Gasteiger partial charge in [-0.05, 0) is 38.3 Å². The summed E-state index contributed by atoms with van der Waals surface area (Å²) in [5, 5.41) is 6.46. The Balaban J connectivity index is 1.80. The van der Waals surface area contributed by atoms with Crippen molar-refractivity contribution in [1.29, 1.82) is 0 Å². The third-order valence-electron chi connectivity index (χ3n) is 3.66. The molecule has 0 radical (unpaired) electrons. The molecule has 3 heteroatoms. The molecule has 1 saturated carbocycles. The maximum atomic E-state index is 11.9. The fraction of sp³-hybridized carbons (Fsp3) is 0.533. The van der Waals surface area contributed by atoms with Crippen LogP contribution in [0.3, 0.4) is 0 Å². The highest BCUT2D eigenvalue weighted by atomic mass is 16.1. The van der Waals surface area contributed by atoms with Gasteiger partial charge >= 0.3 is 0 Å². The Morgan fingerprint density at radius 1 is 1.22 bits per heavy atom. The lowest BCUT2D eigenvalue weighted by atomic mass is 9.91. The molecule has 0 spiro atoms. The first-order valence-electron chi connectivity index (χ1n) is 6.78. The van der Waals surface area contributed by atoms with E-state index in [1.54, 1.807) is 0 Å². The second-order valence-electron chi connectivity index (χ2n) is 5.08.